The highest BCUT2D eigenvalue weighted by Crippen LogP contribution is 2.56. The van der Waals surface area contributed by atoms with Crippen LogP contribution in [0.25, 0.3) is 72.0 Å². The van der Waals surface area contributed by atoms with Crippen molar-refractivity contribution in [3.05, 3.63) is 229 Å². The predicted molar refractivity (Wildman–Crippen MR) is 268 cm³/mol. The molecule has 0 atom stereocenters. The molecule has 304 valence electrons. The van der Waals surface area contributed by atoms with Gasteiger partial charge in [-0.05, 0) is 110 Å². The highest BCUT2D eigenvalue weighted by atomic mass is 15.1. The molecule has 2 aliphatic rings. The first-order chi connectivity index (χ1) is 30.3. The minimum Gasteiger partial charge on any atom is -0.309 e. The second-order valence-corrected chi connectivity index (χ2v) is 18.1. The van der Waals surface area contributed by atoms with Gasteiger partial charge in [0.15, 0.2) is 0 Å². The predicted octanol–water partition coefficient (Wildman–Crippen LogP) is 16.8. The molecule has 0 unspecified atom stereocenters. The van der Waals surface area contributed by atoms with E-state index in [1.54, 1.807) is 0 Å². The number of fused-ring (bicyclic) bond motifs is 9. The van der Waals surface area contributed by atoms with Gasteiger partial charge in [-0.1, -0.05) is 187 Å². The molecule has 9 aromatic carbocycles. The average Bonchev–Trinajstić information content (AvgIpc) is 3.87. The third kappa shape index (κ3) is 5.64. The summed E-state index contributed by atoms with van der Waals surface area (Å²) in [6.07, 6.45) is 0. The molecule has 0 radical (unpaired) electrons. The third-order valence-electron chi connectivity index (χ3n) is 14.0. The number of aromatic nitrogens is 1. The summed E-state index contributed by atoms with van der Waals surface area (Å²) in [7, 11) is 0. The molecule has 0 bridgehead atoms. The molecule has 0 N–H and O–H groups in total. The Labute approximate surface area is 371 Å². The molecule has 12 rings (SSSR count). The average molecular weight is 811 g/mol. The molecule has 1 heterocycles. The number of anilines is 3. The summed E-state index contributed by atoms with van der Waals surface area (Å²) in [5, 5.41) is 2.50. The monoisotopic (exact) mass is 810 g/mol. The Kier molecular flexibility index (Phi) is 8.75. The van der Waals surface area contributed by atoms with Crippen molar-refractivity contribution in [3.63, 3.8) is 0 Å². The first kappa shape index (κ1) is 38.5. The Morgan fingerprint density at radius 2 is 0.937 bits per heavy atom. The van der Waals surface area contributed by atoms with E-state index in [9.17, 15) is 0 Å². The quantitative estimate of drug-likeness (QED) is 0.162. The topological polar surface area (TPSA) is 8.17 Å². The van der Waals surface area contributed by atoms with Crippen molar-refractivity contribution in [3.8, 4) is 50.2 Å². The van der Waals surface area contributed by atoms with Crippen LogP contribution >= 0.6 is 0 Å². The molecule has 63 heavy (non-hydrogen) atoms. The summed E-state index contributed by atoms with van der Waals surface area (Å²) in [5.74, 6) is 0. The van der Waals surface area contributed by atoms with Crippen LogP contribution in [0.5, 0.6) is 0 Å². The van der Waals surface area contributed by atoms with Crippen LogP contribution in [0.15, 0.2) is 206 Å². The van der Waals surface area contributed by atoms with E-state index in [1.165, 1.54) is 94.3 Å². The Morgan fingerprint density at radius 1 is 0.381 bits per heavy atom. The zero-order valence-electron chi connectivity index (χ0n) is 35.5. The van der Waals surface area contributed by atoms with Crippen LogP contribution in [0.2, 0.25) is 0 Å². The summed E-state index contributed by atoms with van der Waals surface area (Å²) >= 11 is 0. The first-order valence-corrected chi connectivity index (χ1v) is 21.9. The molecule has 0 amide bonds. The van der Waals surface area contributed by atoms with Crippen LogP contribution in [-0.4, -0.2) is 4.57 Å². The molecular formula is C61H50N2. The summed E-state index contributed by atoms with van der Waals surface area (Å²) in [6, 6.07) is 76.6. The van der Waals surface area contributed by atoms with E-state index < -0.39 is 0 Å². The smallest absolute Gasteiger partial charge is 0.0547 e. The minimum absolute atomic E-state index is 0. The van der Waals surface area contributed by atoms with Crippen LogP contribution in [0.4, 0.5) is 17.1 Å². The van der Waals surface area contributed by atoms with Gasteiger partial charge in [0.05, 0.1) is 22.4 Å². The summed E-state index contributed by atoms with van der Waals surface area (Å²) in [6.45, 7) is 9.49. The highest BCUT2D eigenvalue weighted by Gasteiger charge is 2.39. The van der Waals surface area contributed by atoms with Gasteiger partial charge < -0.3 is 9.47 Å². The van der Waals surface area contributed by atoms with Gasteiger partial charge in [-0.15, -0.1) is 0 Å². The van der Waals surface area contributed by atoms with Crippen molar-refractivity contribution in [2.75, 3.05) is 4.90 Å². The summed E-state index contributed by atoms with van der Waals surface area (Å²) < 4.78 is 2.41. The number of hydrogen-bond donors (Lipinski definition) is 0. The number of rotatable bonds is 6. The molecule has 2 heteroatoms. The fraction of sp³-hybridized carbons (Fsp3) is 0.115. The number of benzene rings is 9. The van der Waals surface area contributed by atoms with Crippen molar-refractivity contribution in [1.82, 2.24) is 4.57 Å². The minimum atomic E-state index is -0.141. The third-order valence-corrected chi connectivity index (χ3v) is 14.0. The lowest BCUT2D eigenvalue weighted by molar-refractivity contribution is 0.660. The van der Waals surface area contributed by atoms with Crippen LogP contribution in [-0.2, 0) is 10.8 Å². The van der Waals surface area contributed by atoms with Gasteiger partial charge in [-0.25, -0.2) is 0 Å². The largest absolute Gasteiger partial charge is 0.309 e. The van der Waals surface area contributed by atoms with Gasteiger partial charge in [0.1, 0.15) is 0 Å². The van der Waals surface area contributed by atoms with Crippen LogP contribution < -0.4 is 4.90 Å². The van der Waals surface area contributed by atoms with Gasteiger partial charge in [-0.3, -0.25) is 0 Å². The molecule has 0 aliphatic heterocycles. The Hall–Kier alpha value is -7.42. The van der Waals surface area contributed by atoms with E-state index in [0.29, 0.717) is 0 Å². The second-order valence-electron chi connectivity index (χ2n) is 18.1. The Morgan fingerprint density at radius 3 is 1.76 bits per heavy atom. The molecular weight excluding hydrogens is 761 g/mol. The number of hydrogen-bond acceptors (Lipinski definition) is 1. The standard InChI is InChI=1S/C60H46N2.CH4/c1-59(2)50-29-13-9-25-47(50)58-51(59)30-18-34-56(58)62(53-31-14-10-23-43(53)40-35-36-46-45-24-8-12-28-49(45)60(3,4)52(46)38-40)42-22-16-19-39(37-42)44-27-17-33-55-57(44)48-26-11-15-32-54(48)61(55)41-20-6-5-7-21-41;/h5-38H,1-4H3;1H4. The van der Waals surface area contributed by atoms with Gasteiger partial charge in [0, 0.05) is 44.1 Å². The lowest BCUT2D eigenvalue weighted by atomic mass is 9.81. The lowest BCUT2D eigenvalue weighted by Gasteiger charge is -2.31. The Bertz CT molecular complexity index is 3420. The molecule has 0 saturated heterocycles. The van der Waals surface area contributed by atoms with E-state index >= 15 is 0 Å². The van der Waals surface area contributed by atoms with Gasteiger partial charge in [-0.2, -0.15) is 0 Å². The van der Waals surface area contributed by atoms with Gasteiger partial charge in [0.2, 0.25) is 0 Å². The first-order valence-electron chi connectivity index (χ1n) is 21.9. The number of nitrogens with zero attached hydrogens (tertiary/aromatic N) is 2. The summed E-state index contributed by atoms with van der Waals surface area (Å²) in [5.41, 5.74) is 22.3. The van der Waals surface area contributed by atoms with E-state index in [0.717, 1.165) is 17.1 Å². The number of para-hydroxylation sites is 3. The zero-order valence-corrected chi connectivity index (χ0v) is 35.5. The molecule has 0 fully saturated rings. The fourth-order valence-electron chi connectivity index (χ4n) is 11.0. The highest BCUT2D eigenvalue weighted by molar-refractivity contribution is 6.16. The summed E-state index contributed by atoms with van der Waals surface area (Å²) in [4.78, 5) is 2.54. The van der Waals surface area contributed by atoms with E-state index in [1.807, 2.05) is 0 Å². The normalized spacial score (nSPS) is 13.8. The van der Waals surface area contributed by atoms with E-state index in [2.05, 4.69) is 243 Å². The van der Waals surface area contributed by atoms with Crippen molar-refractivity contribution in [2.45, 2.75) is 46.0 Å². The Balaban J connectivity index is 0.00000444. The van der Waals surface area contributed by atoms with Crippen molar-refractivity contribution >= 4 is 38.9 Å². The van der Waals surface area contributed by atoms with Crippen LogP contribution in [0, 0.1) is 0 Å². The zero-order chi connectivity index (χ0) is 41.7. The SMILES string of the molecule is C.CC1(C)c2ccccc2-c2ccc(-c3ccccc3N(c3cccc(-c4cccc5c4c4ccccc4n5-c4ccccc4)c3)c3cccc4c3-c3ccccc3C4(C)C)cc21. The molecule has 2 aliphatic carbocycles. The maximum Gasteiger partial charge on any atom is 0.0547 e. The van der Waals surface area contributed by atoms with Gasteiger partial charge in [0.25, 0.3) is 0 Å². The van der Waals surface area contributed by atoms with Crippen molar-refractivity contribution in [2.24, 2.45) is 0 Å². The van der Waals surface area contributed by atoms with Gasteiger partial charge >= 0.3 is 0 Å². The fourth-order valence-corrected chi connectivity index (χ4v) is 11.0. The molecule has 2 nitrogen and oxygen atoms in total. The molecule has 10 aromatic rings. The van der Waals surface area contributed by atoms with E-state index in [4.69, 9.17) is 0 Å². The molecule has 0 saturated carbocycles. The van der Waals surface area contributed by atoms with Crippen molar-refractivity contribution in [1.29, 1.82) is 0 Å². The maximum atomic E-state index is 2.54. The van der Waals surface area contributed by atoms with E-state index in [-0.39, 0.29) is 18.3 Å². The van der Waals surface area contributed by atoms with Crippen molar-refractivity contribution < 1.29 is 0 Å². The molecule has 1 aromatic heterocycles. The van der Waals surface area contributed by atoms with Crippen LogP contribution in [0.3, 0.4) is 0 Å². The lowest BCUT2D eigenvalue weighted by Crippen LogP contribution is -2.16. The van der Waals surface area contributed by atoms with Crippen LogP contribution in [0.1, 0.15) is 57.4 Å². The maximum absolute atomic E-state index is 2.54. The molecule has 0 spiro atoms. The second kappa shape index (κ2) is 14.3.